The van der Waals surface area contributed by atoms with E-state index in [9.17, 15) is 24.3 Å². The SMILES string of the molecule is CCCCCCCC[N+](C)(C)CC(C[N+](C)(C)CCCCCCCC)OC(=O)C(C)CC(CC1CCCC1C(CC(CC)C(N)=O)C(=O)[O-])C(=O)OC[n+]1ccccc1. The van der Waals surface area contributed by atoms with Gasteiger partial charge in [0.1, 0.15) is 13.1 Å². The highest BCUT2D eigenvalue weighted by molar-refractivity contribution is 5.78. The molecule has 6 atom stereocenters. The number of primary amides is 1. The van der Waals surface area contributed by atoms with Crippen molar-refractivity contribution < 1.29 is 47.3 Å². The number of carboxylic acid groups (broad SMARTS) is 1. The molecule has 1 aromatic heterocycles. The highest BCUT2D eigenvalue weighted by atomic mass is 16.5. The Hall–Kier alpha value is -3.05. The number of carbonyl (C=O) groups excluding carboxylic acids is 4. The number of hydrogen-bond acceptors (Lipinski definition) is 7. The third kappa shape index (κ3) is 20.9. The fourth-order valence-corrected chi connectivity index (χ4v) is 9.42. The van der Waals surface area contributed by atoms with E-state index in [0.29, 0.717) is 32.4 Å². The standard InChI is InChI=1S/C48H85N4O7/c1-9-12-14-16-18-23-30-51(5,6)35-42(36-52(7,8)31-24-19-17-15-13-10-2)59-47(56)38(4)32-41(48(57)58-37-50-28-21-20-22-29-50)33-40-26-25-27-43(40)44(46(54)55)34-39(11-3)45(49)53/h20-22,28-29,38-44H,9-19,23-27,30-37H2,1-8H3,(H-2,49,53,54,55)/q+1/p+1. The summed E-state index contributed by atoms with van der Waals surface area (Å²) < 4.78 is 15.7. The van der Waals surface area contributed by atoms with E-state index in [1.54, 1.807) is 4.57 Å². The van der Waals surface area contributed by atoms with Crippen molar-refractivity contribution in [3.05, 3.63) is 30.6 Å². The van der Waals surface area contributed by atoms with Gasteiger partial charge in [-0.1, -0.05) is 98.0 Å². The van der Waals surface area contributed by atoms with Crippen molar-refractivity contribution in [2.75, 3.05) is 54.4 Å². The zero-order chi connectivity index (χ0) is 43.8. The average Bonchev–Trinajstić information content (AvgIpc) is 3.63. The number of likely N-dealkylation sites (N-methyl/N-ethyl adjacent to an activating group) is 2. The Morgan fingerprint density at radius 1 is 0.746 bits per heavy atom. The van der Waals surface area contributed by atoms with E-state index < -0.39 is 41.5 Å². The summed E-state index contributed by atoms with van der Waals surface area (Å²) in [5, 5.41) is 12.6. The first-order valence-corrected chi connectivity index (χ1v) is 23.5. The molecule has 1 amide bonds. The molecule has 0 bridgehead atoms. The van der Waals surface area contributed by atoms with Crippen molar-refractivity contribution in [3.8, 4) is 0 Å². The third-order valence-corrected chi connectivity index (χ3v) is 13.0. The molecule has 6 unspecified atom stereocenters. The maximum Gasteiger partial charge on any atom is 0.313 e. The van der Waals surface area contributed by atoms with Crippen LogP contribution in [0.15, 0.2) is 30.6 Å². The van der Waals surface area contributed by atoms with Crippen molar-refractivity contribution in [2.24, 2.45) is 41.2 Å². The quantitative estimate of drug-likeness (QED) is 0.0349. The summed E-state index contributed by atoms with van der Waals surface area (Å²) in [6, 6.07) is 5.61. The van der Waals surface area contributed by atoms with Crippen molar-refractivity contribution >= 4 is 23.8 Å². The lowest BCUT2D eigenvalue weighted by Crippen LogP contribution is -2.54. The molecule has 338 valence electrons. The van der Waals surface area contributed by atoms with Crippen molar-refractivity contribution in [2.45, 2.75) is 163 Å². The van der Waals surface area contributed by atoms with Gasteiger partial charge in [0.25, 0.3) is 6.73 Å². The van der Waals surface area contributed by atoms with Gasteiger partial charge >= 0.3 is 11.9 Å². The van der Waals surface area contributed by atoms with Crippen LogP contribution in [0.25, 0.3) is 0 Å². The second-order valence-electron chi connectivity index (χ2n) is 19.4. The molecule has 1 aromatic rings. The Labute approximate surface area is 358 Å². The summed E-state index contributed by atoms with van der Waals surface area (Å²) in [6.07, 6.45) is 21.5. The second kappa shape index (κ2) is 27.7. The molecule has 1 aliphatic carbocycles. The number of nitrogens with two attached hydrogens (primary N) is 1. The van der Waals surface area contributed by atoms with Gasteiger partial charge in [0.05, 0.1) is 53.1 Å². The summed E-state index contributed by atoms with van der Waals surface area (Å²) in [5.74, 6) is -5.43. The molecule has 1 heterocycles. The number of carboxylic acids is 1. The maximum absolute atomic E-state index is 14.2. The van der Waals surface area contributed by atoms with Crippen LogP contribution in [0.3, 0.4) is 0 Å². The first-order chi connectivity index (χ1) is 28.0. The predicted molar refractivity (Wildman–Crippen MR) is 232 cm³/mol. The van der Waals surface area contributed by atoms with Crippen LogP contribution in [0, 0.1) is 35.5 Å². The Morgan fingerprint density at radius 2 is 1.29 bits per heavy atom. The number of amides is 1. The van der Waals surface area contributed by atoms with E-state index in [4.69, 9.17) is 15.2 Å². The maximum atomic E-state index is 14.2. The zero-order valence-corrected chi connectivity index (χ0v) is 38.7. The summed E-state index contributed by atoms with van der Waals surface area (Å²) in [4.78, 5) is 52.8. The van der Waals surface area contributed by atoms with Crippen LogP contribution in [0.2, 0.25) is 0 Å². The highest BCUT2D eigenvalue weighted by Gasteiger charge is 2.40. The lowest BCUT2D eigenvalue weighted by molar-refractivity contribution is -0.914. The number of unbranched alkanes of at least 4 members (excludes halogenated alkanes) is 10. The molecule has 2 rings (SSSR count). The summed E-state index contributed by atoms with van der Waals surface area (Å²) >= 11 is 0. The summed E-state index contributed by atoms with van der Waals surface area (Å²) in [6.45, 7) is 11.6. The van der Waals surface area contributed by atoms with Crippen molar-refractivity contribution in [3.63, 3.8) is 0 Å². The molecule has 1 saturated carbocycles. The van der Waals surface area contributed by atoms with Gasteiger partial charge in [-0.2, -0.15) is 4.57 Å². The molecule has 0 spiro atoms. The number of aliphatic carboxylic acids is 1. The van der Waals surface area contributed by atoms with Gasteiger partial charge in [-0.25, -0.2) is 0 Å². The molecular weight excluding hydrogens is 745 g/mol. The minimum absolute atomic E-state index is 0.0286. The Morgan fingerprint density at radius 3 is 1.80 bits per heavy atom. The second-order valence-corrected chi connectivity index (χ2v) is 19.4. The topological polar surface area (TPSA) is 140 Å². The van der Waals surface area contributed by atoms with Gasteiger partial charge in [-0.15, -0.1) is 0 Å². The Balaban J connectivity index is 2.28. The first kappa shape index (κ1) is 52.1. The van der Waals surface area contributed by atoms with Crippen LogP contribution in [-0.2, 0) is 35.4 Å². The fourth-order valence-electron chi connectivity index (χ4n) is 9.42. The van der Waals surface area contributed by atoms with Crippen molar-refractivity contribution in [1.82, 2.24) is 0 Å². The number of rotatable bonds is 33. The molecule has 1 aliphatic rings. The molecular formula is C48H86N4O7+2. The molecule has 2 N–H and O–H groups in total. The van der Waals surface area contributed by atoms with Crippen LogP contribution >= 0.6 is 0 Å². The zero-order valence-electron chi connectivity index (χ0n) is 38.7. The lowest BCUT2D eigenvalue weighted by atomic mass is 9.74. The van der Waals surface area contributed by atoms with Crippen LogP contribution in [-0.4, -0.2) is 93.3 Å². The number of pyridine rings is 1. The normalized spacial score (nSPS) is 18.0. The molecule has 1 fully saturated rings. The molecule has 0 saturated heterocycles. The summed E-state index contributed by atoms with van der Waals surface area (Å²) in [7, 11) is 8.96. The summed E-state index contributed by atoms with van der Waals surface area (Å²) in [5.41, 5.74) is 5.64. The molecule has 0 aromatic carbocycles. The van der Waals surface area contributed by atoms with E-state index in [-0.39, 0.29) is 43.5 Å². The van der Waals surface area contributed by atoms with Crippen LogP contribution in [0.4, 0.5) is 0 Å². The van der Waals surface area contributed by atoms with Crippen molar-refractivity contribution in [1.29, 1.82) is 0 Å². The smallest absolute Gasteiger partial charge is 0.313 e. The van der Waals surface area contributed by atoms with Gasteiger partial charge in [-0.3, -0.25) is 14.4 Å². The Bertz CT molecular complexity index is 1330. The third-order valence-electron chi connectivity index (χ3n) is 13.0. The minimum Gasteiger partial charge on any atom is -0.550 e. The fraction of sp³-hybridized carbons (Fsp3) is 0.812. The van der Waals surface area contributed by atoms with E-state index in [0.717, 1.165) is 47.7 Å². The minimum atomic E-state index is -1.18. The van der Waals surface area contributed by atoms with Gasteiger partial charge in [0.15, 0.2) is 18.5 Å². The molecule has 0 radical (unpaired) electrons. The van der Waals surface area contributed by atoms with Gasteiger partial charge in [-0.05, 0) is 69.6 Å². The average molecular weight is 831 g/mol. The predicted octanol–water partition coefficient (Wildman–Crippen LogP) is 6.98. The highest BCUT2D eigenvalue weighted by Crippen LogP contribution is 2.44. The van der Waals surface area contributed by atoms with Crippen LogP contribution < -0.4 is 15.4 Å². The molecule has 59 heavy (non-hydrogen) atoms. The number of quaternary nitrogens is 2. The van der Waals surface area contributed by atoms with Crippen LogP contribution in [0.1, 0.15) is 150 Å². The number of aromatic nitrogens is 1. The number of ether oxygens (including phenoxy) is 2. The van der Waals surface area contributed by atoms with Gasteiger partial charge in [0.2, 0.25) is 5.91 Å². The number of nitrogens with zero attached hydrogens (tertiary/aromatic N) is 3. The van der Waals surface area contributed by atoms with E-state index in [1.807, 2.05) is 44.4 Å². The Kier molecular flexibility index (Phi) is 24.5. The van der Waals surface area contributed by atoms with E-state index in [2.05, 4.69) is 42.0 Å². The van der Waals surface area contributed by atoms with Gasteiger partial charge in [0, 0.05) is 29.9 Å². The lowest BCUT2D eigenvalue weighted by Gasteiger charge is -2.38. The van der Waals surface area contributed by atoms with Crippen LogP contribution in [0.5, 0.6) is 0 Å². The number of hydrogen-bond donors (Lipinski definition) is 1. The first-order valence-electron chi connectivity index (χ1n) is 23.5. The largest absolute Gasteiger partial charge is 0.550 e. The molecule has 11 heteroatoms. The molecule has 0 aliphatic heterocycles. The van der Waals surface area contributed by atoms with E-state index >= 15 is 0 Å². The van der Waals surface area contributed by atoms with E-state index in [1.165, 1.54) is 64.2 Å². The number of esters is 2. The molecule has 11 nitrogen and oxygen atoms in total. The monoisotopic (exact) mass is 831 g/mol. The van der Waals surface area contributed by atoms with Gasteiger partial charge < -0.3 is 34.1 Å². The number of carbonyl (C=O) groups is 4.